The van der Waals surface area contributed by atoms with Gasteiger partial charge in [-0.2, -0.15) is 0 Å². The average Bonchev–Trinajstić information content (AvgIpc) is 3.18. The third-order valence-electron chi connectivity index (χ3n) is 5.95. The van der Waals surface area contributed by atoms with Gasteiger partial charge in [0.15, 0.2) is 0 Å². The van der Waals surface area contributed by atoms with E-state index in [4.69, 9.17) is 4.74 Å². The van der Waals surface area contributed by atoms with Crippen molar-refractivity contribution in [3.05, 3.63) is 81.4 Å². The predicted octanol–water partition coefficient (Wildman–Crippen LogP) is 2.59. The number of benzene rings is 2. The first-order chi connectivity index (χ1) is 14.5. The largest absolute Gasteiger partial charge is 0.497 e. The Kier molecular flexibility index (Phi) is 5.50. The molecule has 6 nitrogen and oxygen atoms in total. The van der Waals surface area contributed by atoms with Crippen molar-refractivity contribution >= 4 is 10.9 Å². The van der Waals surface area contributed by atoms with Crippen LogP contribution in [0.25, 0.3) is 16.6 Å². The summed E-state index contributed by atoms with van der Waals surface area (Å²) in [6.45, 7) is 5.70. The number of rotatable bonds is 7. The number of quaternary nitrogens is 1. The van der Waals surface area contributed by atoms with Gasteiger partial charge in [0.1, 0.15) is 12.3 Å². The number of H-pyrrole nitrogens is 1. The highest BCUT2D eigenvalue weighted by atomic mass is 16.5. The van der Waals surface area contributed by atoms with Crippen LogP contribution in [0, 0.1) is 13.8 Å². The van der Waals surface area contributed by atoms with E-state index < -0.39 is 0 Å². The minimum absolute atomic E-state index is 0.0606. The Morgan fingerprint density at radius 3 is 2.57 bits per heavy atom. The number of nitrogens with zero attached hydrogens (tertiary/aromatic N) is 2. The Balaban J connectivity index is 1.49. The van der Waals surface area contributed by atoms with Crippen molar-refractivity contribution in [1.29, 1.82) is 0 Å². The molecule has 0 saturated carbocycles. The van der Waals surface area contributed by atoms with Gasteiger partial charge in [-0.1, -0.05) is 18.2 Å². The summed E-state index contributed by atoms with van der Waals surface area (Å²) in [5.41, 5.74) is 6.45. The molecule has 2 aromatic carbocycles. The van der Waals surface area contributed by atoms with E-state index in [1.165, 1.54) is 16.6 Å². The summed E-state index contributed by atoms with van der Waals surface area (Å²) in [6, 6.07) is 15.9. The molecule has 0 amide bonds. The molecule has 0 unspecified atom stereocenters. The van der Waals surface area contributed by atoms with E-state index in [1.54, 1.807) is 11.8 Å². The number of fused-ring (bicyclic) bond motifs is 1. The number of ether oxygens (including phenoxy) is 1. The molecular weight excluding hydrogens is 376 g/mol. The number of aryl methyl sites for hydroxylation is 1. The summed E-state index contributed by atoms with van der Waals surface area (Å²) in [5, 5.41) is 3.43. The summed E-state index contributed by atoms with van der Waals surface area (Å²) in [6.07, 6.45) is 0.928. The second-order valence-electron chi connectivity index (χ2n) is 7.71. The van der Waals surface area contributed by atoms with Gasteiger partial charge in [-0.15, -0.1) is 0 Å². The zero-order valence-corrected chi connectivity index (χ0v) is 18.0. The van der Waals surface area contributed by atoms with Gasteiger partial charge in [0.25, 0.3) is 5.56 Å². The lowest BCUT2D eigenvalue weighted by molar-refractivity contribution is -0.670. The van der Waals surface area contributed by atoms with Crippen LogP contribution in [0.5, 0.6) is 5.75 Å². The lowest BCUT2D eigenvalue weighted by Gasteiger charge is -2.07. The molecule has 0 bridgehead atoms. The van der Waals surface area contributed by atoms with Crippen LogP contribution >= 0.6 is 0 Å². The maximum atomic E-state index is 13.0. The van der Waals surface area contributed by atoms with Gasteiger partial charge in [-0.3, -0.25) is 9.48 Å². The number of methoxy groups -OCH3 is 1. The molecule has 6 heteroatoms. The van der Waals surface area contributed by atoms with Crippen LogP contribution in [0.15, 0.2) is 53.3 Å². The van der Waals surface area contributed by atoms with Crippen molar-refractivity contribution in [2.45, 2.75) is 26.8 Å². The summed E-state index contributed by atoms with van der Waals surface area (Å²) in [4.78, 5) is 16.5. The second kappa shape index (κ2) is 8.24. The van der Waals surface area contributed by atoms with Crippen molar-refractivity contribution in [2.75, 3.05) is 13.7 Å². The number of hydrogen-bond donors (Lipinski definition) is 2. The van der Waals surface area contributed by atoms with Crippen LogP contribution in [0.1, 0.15) is 22.5 Å². The molecule has 30 heavy (non-hydrogen) atoms. The molecule has 2 aromatic heterocycles. The molecule has 0 spiro atoms. The fourth-order valence-corrected chi connectivity index (χ4v) is 4.16. The van der Waals surface area contributed by atoms with Crippen LogP contribution in [-0.4, -0.2) is 28.0 Å². The Labute approximate surface area is 176 Å². The summed E-state index contributed by atoms with van der Waals surface area (Å²) in [7, 11) is 3.63. The topological polar surface area (TPSA) is 68.6 Å². The molecule has 4 rings (SSSR count). The van der Waals surface area contributed by atoms with Gasteiger partial charge in [-0.25, -0.2) is 4.68 Å². The molecule has 0 aliphatic carbocycles. The Morgan fingerprint density at radius 2 is 1.83 bits per heavy atom. The maximum Gasteiger partial charge on any atom is 0.280 e. The molecule has 0 saturated heterocycles. The van der Waals surface area contributed by atoms with Crippen molar-refractivity contribution < 1.29 is 10.1 Å². The van der Waals surface area contributed by atoms with E-state index in [0.717, 1.165) is 41.2 Å². The van der Waals surface area contributed by atoms with Crippen molar-refractivity contribution in [2.24, 2.45) is 7.05 Å². The highest BCUT2D eigenvalue weighted by Gasteiger charge is 2.17. The first-order valence-corrected chi connectivity index (χ1v) is 10.3. The number of nitrogens with two attached hydrogens (primary N) is 1. The Hall–Kier alpha value is -3.25. The quantitative estimate of drug-likeness (QED) is 0.464. The minimum Gasteiger partial charge on any atom is -0.497 e. The van der Waals surface area contributed by atoms with E-state index in [9.17, 15) is 4.79 Å². The molecule has 0 fully saturated rings. The van der Waals surface area contributed by atoms with Gasteiger partial charge in [0.05, 0.1) is 24.9 Å². The molecule has 156 valence electrons. The zero-order chi connectivity index (χ0) is 21.3. The van der Waals surface area contributed by atoms with E-state index in [1.807, 2.05) is 55.1 Å². The summed E-state index contributed by atoms with van der Waals surface area (Å²) in [5.74, 6) is 0.869. The molecule has 0 aliphatic heterocycles. The van der Waals surface area contributed by atoms with Gasteiger partial charge in [0, 0.05) is 35.8 Å². The van der Waals surface area contributed by atoms with Crippen LogP contribution in [0.2, 0.25) is 0 Å². The van der Waals surface area contributed by atoms with Gasteiger partial charge >= 0.3 is 0 Å². The maximum absolute atomic E-state index is 13.0. The third kappa shape index (κ3) is 3.55. The fraction of sp³-hybridized carbons (Fsp3) is 0.292. The van der Waals surface area contributed by atoms with Crippen LogP contribution in [-0.2, 0) is 20.0 Å². The molecular formula is C24H29N4O2+. The minimum atomic E-state index is 0.0606. The predicted molar refractivity (Wildman–Crippen MR) is 120 cm³/mol. The van der Waals surface area contributed by atoms with E-state index in [2.05, 4.69) is 29.4 Å². The summed E-state index contributed by atoms with van der Waals surface area (Å²) < 4.78 is 9.07. The van der Waals surface area contributed by atoms with Crippen molar-refractivity contribution in [3.63, 3.8) is 0 Å². The zero-order valence-electron chi connectivity index (χ0n) is 18.0. The van der Waals surface area contributed by atoms with E-state index in [0.29, 0.717) is 6.54 Å². The standard InChI is InChI=1S/C24H28N4O2/c1-16-20(21-14-19(30-4)10-11-23(21)26-16)12-13-25-15-22-17(2)27(3)28(24(22)29)18-8-6-5-7-9-18/h5-11,14,25-26H,12-13,15H2,1-4H3/p+1. The smallest absolute Gasteiger partial charge is 0.280 e. The molecule has 0 aliphatic rings. The van der Waals surface area contributed by atoms with Crippen LogP contribution < -0.4 is 15.6 Å². The van der Waals surface area contributed by atoms with Gasteiger partial charge < -0.3 is 15.0 Å². The number of aromatic nitrogens is 3. The number of para-hydroxylation sites is 1. The first kappa shape index (κ1) is 20.0. The molecule has 2 heterocycles. The molecule has 3 N–H and O–H groups in total. The Morgan fingerprint density at radius 1 is 1.07 bits per heavy atom. The molecule has 0 atom stereocenters. The van der Waals surface area contributed by atoms with Crippen LogP contribution in [0.4, 0.5) is 0 Å². The molecule has 4 aromatic rings. The first-order valence-electron chi connectivity index (χ1n) is 10.3. The average molecular weight is 406 g/mol. The lowest BCUT2D eigenvalue weighted by Crippen LogP contribution is -2.83. The van der Waals surface area contributed by atoms with E-state index in [-0.39, 0.29) is 5.56 Å². The van der Waals surface area contributed by atoms with Crippen molar-refractivity contribution in [3.8, 4) is 11.4 Å². The second-order valence-corrected chi connectivity index (χ2v) is 7.71. The van der Waals surface area contributed by atoms with Crippen molar-refractivity contribution in [1.82, 2.24) is 14.3 Å². The Bertz CT molecular complexity index is 1230. The van der Waals surface area contributed by atoms with E-state index >= 15 is 0 Å². The monoisotopic (exact) mass is 405 g/mol. The van der Waals surface area contributed by atoms with Gasteiger partial charge in [-0.05, 0) is 49.7 Å². The highest BCUT2D eigenvalue weighted by molar-refractivity contribution is 5.86. The van der Waals surface area contributed by atoms with Crippen LogP contribution in [0.3, 0.4) is 0 Å². The summed E-state index contributed by atoms with van der Waals surface area (Å²) >= 11 is 0. The molecule has 0 radical (unpaired) electrons. The number of aromatic amines is 1. The number of nitrogens with one attached hydrogen (secondary N) is 1. The highest BCUT2D eigenvalue weighted by Crippen LogP contribution is 2.26. The number of hydrogen-bond acceptors (Lipinski definition) is 2. The SMILES string of the molecule is COc1ccc2[nH]c(C)c(CC[NH2+]Cc3c(C)n(C)n(-c4ccccc4)c3=O)c2c1. The lowest BCUT2D eigenvalue weighted by atomic mass is 10.1. The third-order valence-corrected chi connectivity index (χ3v) is 5.95. The fourth-order valence-electron chi connectivity index (χ4n) is 4.16. The normalized spacial score (nSPS) is 11.3. The van der Waals surface area contributed by atoms with Gasteiger partial charge in [0.2, 0.25) is 0 Å².